The van der Waals surface area contributed by atoms with Crippen LogP contribution < -0.4 is 4.57 Å². The molecule has 0 bridgehead atoms. The first-order chi connectivity index (χ1) is 9.95. The highest BCUT2D eigenvalue weighted by atomic mass is 79.9. The maximum atomic E-state index is 3.67. The van der Waals surface area contributed by atoms with Crippen molar-refractivity contribution < 1.29 is 4.57 Å². The van der Waals surface area contributed by atoms with Crippen LogP contribution in [0.25, 0.3) is 0 Å². The highest BCUT2D eigenvalue weighted by Gasteiger charge is 2.38. The minimum atomic E-state index is 0.230. The Kier molecular flexibility index (Phi) is 6.78. The van der Waals surface area contributed by atoms with E-state index >= 15 is 0 Å². The zero-order chi connectivity index (χ0) is 17.2. The summed E-state index contributed by atoms with van der Waals surface area (Å²) >= 11 is 7.31. The summed E-state index contributed by atoms with van der Waals surface area (Å²) in [6.07, 6.45) is 6.67. The summed E-state index contributed by atoms with van der Waals surface area (Å²) in [6.45, 7) is 18.5. The average Bonchev–Trinajstić information content (AvgIpc) is 2.84. The first kappa shape index (κ1) is 20.2. The van der Waals surface area contributed by atoms with E-state index < -0.39 is 0 Å². The van der Waals surface area contributed by atoms with Gasteiger partial charge in [0.2, 0.25) is 6.33 Å². The molecule has 0 saturated heterocycles. The van der Waals surface area contributed by atoms with Crippen molar-refractivity contribution in [1.29, 1.82) is 0 Å². The third-order valence-corrected chi connectivity index (χ3v) is 8.50. The number of nitrogens with zero attached hydrogens (tertiary/aromatic N) is 2. The molecule has 1 aromatic rings. The molecule has 1 atom stereocenters. The van der Waals surface area contributed by atoms with Crippen LogP contribution in [0.1, 0.15) is 48.5 Å². The lowest BCUT2D eigenvalue weighted by Gasteiger charge is -2.39. The Balaban J connectivity index is 2.77. The molecule has 1 unspecified atom stereocenters. The van der Waals surface area contributed by atoms with Crippen molar-refractivity contribution in [3.05, 3.63) is 18.7 Å². The van der Waals surface area contributed by atoms with Crippen LogP contribution in [0, 0.1) is 22.2 Å². The number of rotatable bonds is 8. The molecule has 0 amide bonds. The Bertz CT molecular complexity index is 475. The molecular formula is C18H33Br2N2+. The van der Waals surface area contributed by atoms with Crippen molar-refractivity contribution in [2.24, 2.45) is 22.2 Å². The van der Waals surface area contributed by atoms with E-state index in [1.54, 1.807) is 0 Å². The fraction of sp³-hybridized carbons (Fsp3) is 0.833. The average molecular weight is 437 g/mol. The lowest BCUT2D eigenvalue weighted by molar-refractivity contribution is -0.710. The molecule has 128 valence electrons. The Morgan fingerprint density at radius 3 is 2.09 bits per heavy atom. The molecule has 1 rings (SSSR count). The summed E-state index contributed by atoms with van der Waals surface area (Å²) in [4.78, 5) is 0. The third-order valence-electron chi connectivity index (χ3n) is 5.65. The van der Waals surface area contributed by atoms with Crippen LogP contribution in [0.5, 0.6) is 0 Å². The predicted molar refractivity (Wildman–Crippen MR) is 103 cm³/mol. The fourth-order valence-electron chi connectivity index (χ4n) is 2.19. The van der Waals surface area contributed by atoms with Crippen molar-refractivity contribution in [2.45, 2.75) is 61.6 Å². The normalized spacial score (nSPS) is 15.1. The maximum Gasteiger partial charge on any atom is 0.243 e. The van der Waals surface area contributed by atoms with E-state index in [0.29, 0.717) is 11.3 Å². The van der Waals surface area contributed by atoms with E-state index in [-0.39, 0.29) is 10.8 Å². The molecule has 0 aliphatic rings. The highest BCUT2D eigenvalue weighted by Crippen LogP contribution is 2.40. The predicted octanol–water partition coefficient (Wildman–Crippen LogP) is 5.28. The minimum absolute atomic E-state index is 0.230. The molecule has 22 heavy (non-hydrogen) atoms. The topological polar surface area (TPSA) is 8.81 Å². The molecular weight excluding hydrogens is 404 g/mol. The Morgan fingerprint density at radius 1 is 1.00 bits per heavy atom. The molecule has 0 radical (unpaired) electrons. The third kappa shape index (κ3) is 4.83. The SMILES string of the molecule is CC(Cn1cc[n+](CC(C)(C)C(C)(C)CBr)c1)C(C)(C)CBr. The number of hydrogen-bond donors (Lipinski definition) is 0. The largest absolute Gasteiger partial charge is 0.243 e. The second-order valence-electron chi connectivity index (χ2n) is 8.71. The van der Waals surface area contributed by atoms with Gasteiger partial charge >= 0.3 is 0 Å². The van der Waals surface area contributed by atoms with E-state index in [1.807, 2.05) is 0 Å². The molecule has 0 N–H and O–H groups in total. The lowest BCUT2D eigenvalue weighted by Crippen LogP contribution is -2.47. The van der Waals surface area contributed by atoms with Crippen molar-refractivity contribution in [2.75, 3.05) is 10.7 Å². The Hall–Kier alpha value is 0.170. The van der Waals surface area contributed by atoms with Gasteiger partial charge in [0.25, 0.3) is 0 Å². The summed E-state index contributed by atoms with van der Waals surface area (Å²) < 4.78 is 4.66. The lowest BCUT2D eigenvalue weighted by atomic mass is 9.69. The van der Waals surface area contributed by atoms with E-state index in [4.69, 9.17) is 0 Å². The van der Waals surface area contributed by atoms with Crippen LogP contribution in [0.15, 0.2) is 18.7 Å². The van der Waals surface area contributed by atoms with Crippen molar-refractivity contribution in [3.8, 4) is 0 Å². The molecule has 4 heteroatoms. The van der Waals surface area contributed by atoms with Crippen LogP contribution in [0.3, 0.4) is 0 Å². The summed E-state index contributed by atoms with van der Waals surface area (Å²) in [5.74, 6) is 0.625. The van der Waals surface area contributed by atoms with Gasteiger partial charge in [0.1, 0.15) is 12.4 Å². The first-order valence-electron chi connectivity index (χ1n) is 8.12. The van der Waals surface area contributed by atoms with Gasteiger partial charge in [-0.25, -0.2) is 9.13 Å². The van der Waals surface area contributed by atoms with Gasteiger partial charge in [-0.05, 0) is 16.7 Å². The Labute approximate surface area is 153 Å². The standard InChI is InChI=1S/C18H33Br2N2/c1-15(16(2,3)11-19)10-21-8-9-22(14-21)13-18(6,7)17(4,5)12-20/h8-9,14-15H,10-13H2,1-7H3/q+1. The fourth-order valence-corrected chi connectivity index (χ4v) is 3.50. The van der Waals surface area contributed by atoms with Crippen molar-refractivity contribution >= 4 is 31.9 Å². The molecule has 1 heterocycles. The van der Waals surface area contributed by atoms with Crippen LogP contribution in [-0.2, 0) is 13.1 Å². The summed E-state index contributed by atoms with van der Waals surface area (Å²) in [7, 11) is 0. The molecule has 0 aliphatic heterocycles. The van der Waals surface area contributed by atoms with E-state index in [2.05, 4.69) is 108 Å². The Morgan fingerprint density at radius 2 is 1.59 bits per heavy atom. The van der Waals surface area contributed by atoms with Gasteiger partial charge in [-0.1, -0.05) is 80.3 Å². The molecule has 0 spiro atoms. The van der Waals surface area contributed by atoms with Gasteiger partial charge in [-0.15, -0.1) is 0 Å². The van der Waals surface area contributed by atoms with Crippen LogP contribution in [0.4, 0.5) is 0 Å². The summed E-state index contributed by atoms with van der Waals surface area (Å²) in [5, 5.41) is 2.06. The molecule has 0 aromatic carbocycles. The number of hydrogen-bond acceptors (Lipinski definition) is 0. The van der Waals surface area contributed by atoms with Crippen molar-refractivity contribution in [3.63, 3.8) is 0 Å². The molecule has 0 fully saturated rings. The van der Waals surface area contributed by atoms with Crippen molar-refractivity contribution in [1.82, 2.24) is 4.57 Å². The van der Waals surface area contributed by atoms with E-state index in [1.165, 1.54) is 0 Å². The second kappa shape index (κ2) is 7.38. The first-order valence-corrected chi connectivity index (χ1v) is 10.4. The monoisotopic (exact) mass is 435 g/mol. The number of aromatic nitrogens is 2. The molecule has 0 aliphatic carbocycles. The maximum absolute atomic E-state index is 3.67. The summed E-state index contributed by atoms with van der Waals surface area (Å²) in [6, 6.07) is 0. The summed E-state index contributed by atoms with van der Waals surface area (Å²) in [5.41, 5.74) is 0.799. The minimum Gasteiger partial charge on any atom is -0.237 e. The molecule has 2 nitrogen and oxygen atoms in total. The number of alkyl halides is 2. The van der Waals surface area contributed by atoms with Gasteiger partial charge in [-0.3, -0.25) is 0 Å². The van der Waals surface area contributed by atoms with Crippen LogP contribution >= 0.6 is 31.9 Å². The van der Waals surface area contributed by atoms with Crippen LogP contribution in [0.2, 0.25) is 0 Å². The zero-order valence-corrected chi connectivity index (χ0v) is 18.5. The van der Waals surface area contributed by atoms with Crippen LogP contribution in [-0.4, -0.2) is 15.2 Å². The molecule has 0 saturated carbocycles. The van der Waals surface area contributed by atoms with Gasteiger partial charge in [0.15, 0.2) is 0 Å². The van der Waals surface area contributed by atoms with E-state index in [9.17, 15) is 0 Å². The number of halogens is 2. The smallest absolute Gasteiger partial charge is 0.237 e. The quantitative estimate of drug-likeness (QED) is 0.387. The zero-order valence-electron chi connectivity index (χ0n) is 15.3. The second-order valence-corrected chi connectivity index (χ2v) is 9.83. The van der Waals surface area contributed by atoms with Gasteiger partial charge in [0.05, 0.1) is 13.1 Å². The van der Waals surface area contributed by atoms with Gasteiger partial charge in [0, 0.05) is 16.1 Å². The number of imidazole rings is 1. The van der Waals surface area contributed by atoms with Gasteiger partial charge < -0.3 is 0 Å². The molecule has 1 aromatic heterocycles. The van der Waals surface area contributed by atoms with Gasteiger partial charge in [-0.2, -0.15) is 0 Å². The highest BCUT2D eigenvalue weighted by molar-refractivity contribution is 9.09. The van der Waals surface area contributed by atoms with E-state index in [0.717, 1.165) is 23.7 Å².